The van der Waals surface area contributed by atoms with Crippen molar-refractivity contribution in [1.82, 2.24) is 5.43 Å². The van der Waals surface area contributed by atoms with Gasteiger partial charge in [-0.15, -0.1) is 0 Å². The van der Waals surface area contributed by atoms with E-state index in [0.717, 1.165) is 15.7 Å². The summed E-state index contributed by atoms with van der Waals surface area (Å²) in [6.07, 6.45) is 0. The highest BCUT2D eigenvalue weighted by molar-refractivity contribution is 9.10. The zero-order chi connectivity index (χ0) is 15.3. The first-order chi connectivity index (χ1) is 9.20. The second kappa shape index (κ2) is 6.88. The maximum atomic E-state index is 11.7. The quantitative estimate of drug-likeness (QED) is 0.671. The van der Waals surface area contributed by atoms with Crippen molar-refractivity contribution in [2.45, 2.75) is 34.6 Å². The summed E-state index contributed by atoms with van der Waals surface area (Å²) in [6.45, 7) is 9.89. The number of aryl methyl sites for hydroxylation is 1. The number of hydrogen-bond donors (Lipinski definition) is 1. The van der Waals surface area contributed by atoms with Gasteiger partial charge in [0.15, 0.2) is 6.61 Å². The lowest BCUT2D eigenvalue weighted by Crippen LogP contribution is -2.28. The van der Waals surface area contributed by atoms with Crippen LogP contribution in [0.3, 0.4) is 0 Å². The molecule has 1 N–H and O–H groups in total. The lowest BCUT2D eigenvalue weighted by atomic mass is 9.91. The summed E-state index contributed by atoms with van der Waals surface area (Å²) in [5.74, 6) is 0.427. The van der Waals surface area contributed by atoms with Gasteiger partial charge in [0, 0.05) is 15.6 Å². The fourth-order valence-electron chi connectivity index (χ4n) is 1.26. The lowest BCUT2D eigenvalue weighted by molar-refractivity contribution is -0.123. The van der Waals surface area contributed by atoms with Gasteiger partial charge < -0.3 is 4.74 Å². The van der Waals surface area contributed by atoms with E-state index in [2.05, 4.69) is 26.5 Å². The number of nitrogens with zero attached hydrogens (tertiary/aromatic N) is 1. The van der Waals surface area contributed by atoms with Crippen molar-refractivity contribution in [3.05, 3.63) is 28.2 Å². The number of nitrogens with one attached hydrogen (secondary N) is 1. The van der Waals surface area contributed by atoms with Crippen molar-refractivity contribution in [3.8, 4) is 5.75 Å². The lowest BCUT2D eigenvalue weighted by Gasteiger charge is -2.17. The number of halogens is 1. The van der Waals surface area contributed by atoms with Crippen LogP contribution >= 0.6 is 15.9 Å². The Labute approximate surface area is 128 Å². The Bertz CT molecular complexity index is 519. The minimum Gasteiger partial charge on any atom is -0.483 e. The van der Waals surface area contributed by atoms with Crippen molar-refractivity contribution in [2.24, 2.45) is 10.5 Å². The zero-order valence-corrected chi connectivity index (χ0v) is 14.2. The third kappa shape index (κ3) is 5.33. The van der Waals surface area contributed by atoms with E-state index in [4.69, 9.17) is 4.74 Å². The van der Waals surface area contributed by atoms with Gasteiger partial charge in [-0.05, 0) is 37.6 Å². The summed E-state index contributed by atoms with van der Waals surface area (Å²) in [5, 5.41) is 4.07. The molecule has 0 spiro atoms. The van der Waals surface area contributed by atoms with Crippen LogP contribution in [0.5, 0.6) is 5.75 Å². The van der Waals surface area contributed by atoms with Gasteiger partial charge in [0.05, 0.1) is 0 Å². The molecule has 20 heavy (non-hydrogen) atoms. The Balaban J connectivity index is 2.52. The second-order valence-corrected chi connectivity index (χ2v) is 6.60. The minimum atomic E-state index is -0.268. The number of hydrazone groups is 1. The van der Waals surface area contributed by atoms with Crippen LogP contribution in [0.15, 0.2) is 27.8 Å². The summed E-state index contributed by atoms with van der Waals surface area (Å²) in [5.41, 5.74) is 4.29. The molecule has 0 fully saturated rings. The molecule has 5 heteroatoms. The van der Waals surface area contributed by atoms with Gasteiger partial charge in [-0.3, -0.25) is 4.79 Å². The SMILES string of the molecule is C/C(=N\NC(=O)COc1ccc(Br)cc1C)C(C)(C)C. The van der Waals surface area contributed by atoms with Crippen LogP contribution in [0.25, 0.3) is 0 Å². The Morgan fingerprint density at radius 2 is 2.05 bits per heavy atom. The highest BCUT2D eigenvalue weighted by atomic mass is 79.9. The van der Waals surface area contributed by atoms with Gasteiger partial charge in [-0.2, -0.15) is 5.10 Å². The van der Waals surface area contributed by atoms with E-state index in [1.165, 1.54) is 0 Å². The molecule has 4 nitrogen and oxygen atoms in total. The average molecular weight is 341 g/mol. The molecule has 1 aromatic carbocycles. The molecule has 1 amide bonds. The molecule has 0 aliphatic rings. The molecule has 0 saturated heterocycles. The fourth-order valence-corrected chi connectivity index (χ4v) is 1.74. The fraction of sp³-hybridized carbons (Fsp3) is 0.467. The highest BCUT2D eigenvalue weighted by Crippen LogP contribution is 2.22. The van der Waals surface area contributed by atoms with E-state index in [0.29, 0.717) is 5.75 Å². The van der Waals surface area contributed by atoms with Gasteiger partial charge >= 0.3 is 0 Å². The molecule has 110 valence electrons. The van der Waals surface area contributed by atoms with Crippen molar-refractivity contribution < 1.29 is 9.53 Å². The van der Waals surface area contributed by atoms with Gasteiger partial charge in [0.1, 0.15) is 5.75 Å². The smallest absolute Gasteiger partial charge is 0.277 e. The molecule has 0 saturated carbocycles. The number of carbonyl (C=O) groups is 1. The molecule has 1 rings (SSSR count). The standard InChI is InChI=1S/C15H21BrN2O2/c1-10-8-12(16)6-7-13(10)20-9-14(19)18-17-11(2)15(3,4)5/h6-8H,9H2,1-5H3,(H,18,19)/b17-11+. The summed E-state index contributed by atoms with van der Waals surface area (Å²) >= 11 is 3.38. The van der Waals surface area contributed by atoms with Crippen LogP contribution in [0, 0.1) is 12.3 Å². The Morgan fingerprint density at radius 3 is 2.60 bits per heavy atom. The van der Waals surface area contributed by atoms with Crippen LogP contribution < -0.4 is 10.2 Å². The Morgan fingerprint density at radius 1 is 1.40 bits per heavy atom. The molecular weight excluding hydrogens is 320 g/mol. The van der Waals surface area contributed by atoms with E-state index < -0.39 is 0 Å². The maximum Gasteiger partial charge on any atom is 0.277 e. The molecule has 0 atom stereocenters. The third-order valence-electron chi connectivity index (χ3n) is 2.93. The molecule has 0 unspecified atom stereocenters. The van der Waals surface area contributed by atoms with E-state index in [9.17, 15) is 4.79 Å². The second-order valence-electron chi connectivity index (χ2n) is 5.68. The minimum absolute atomic E-state index is 0.0522. The van der Waals surface area contributed by atoms with E-state index in [1.807, 2.05) is 52.8 Å². The highest BCUT2D eigenvalue weighted by Gasteiger charge is 2.14. The van der Waals surface area contributed by atoms with E-state index >= 15 is 0 Å². The largest absolute Gasteiger partial charge is 0.483 e. The molecule has 0 bridgehead atoms. The Kier molecular flexibility index (Phi) is 5.74. The molecule has 0 aliphatic carbocycles. The first kappa shape index (κ1) is 16.7. The third-order valence-corrected chi connectivity index (χ3v) is 3.42. The predicted molar refractivity (Wildman–Crippen MR) is 85.1 cm³/mol. The molecule has 0 radical (unpaired) electrons. The van der Waals surface area contributed by atoms with Crippen LogP contribution in [0.4, 0.5) is 0 Å². The number of hydrogen-bond acceptors (Lipinski definition) is 3. The maximum absolute atomic E-state index is 11.7. The van der Waals surface area contributed by atoms with Gasteiger partial charge in [-0.1, -0.05) is 36.7 Å². The van der Waals surface area contributed by atoms with Crippen molar-refractivity contribution in [3.63, 3.8) is 0 Å². The molecule has 0 heterocycles. The van der Waals surface area contributed by atoms with Crippen molar-refractivity contribution in [1.29, 1.82) is 0 Å². The van der Waals surface area contributed by atoms with Gasteiger partial charge in [0.2, 0.25) is 0 Å². The van der Waals surface area contributed by atoms with E-state index in [-0.39, 0.29) is 17.9 Å². The number of amides is 1. The van der Waals surface area contributed by atoms with Crippen LogP contribution in [0.1, 0.15) is 33.3 Å². The summed E-state index contributed by atoms with van der Waals surface area (Å²) in [6, 6.07) is 5.65. The zero-order valence-electron chi connectivity index (χ0n) is 12.6. The topological polar surface area (TPSA) is 50.7 Å². The molecule has 1 aromatic rings. The van der Waals surface area contributed by atoms with Crippen LogP contribution in [-0.4, -0.2) is 18.2 Å². The van der Waals surface area contributed by atoms with Crippen molar-refractivity contribution >= 4 is 27.5 Å². The van der Waals surface area contributed by atoms with Crippen LogP contribution in [0.2, 0.25) is 0 Å². The molecule has 0 aliphatic heterocycles. The first-order valence-electron chi connectivity index (χ1n) is 6.42. The summed E-state index contributed by atoms with van der Waals surface area (Å²) in [4.78, 5) is 11.7. The molecular formula is C15H21BrN2O2. The number of benzene rings is 1. The van der Waals surface area contributed by atoms with Crippen LogP contribution in [-0.2, 0) is 4.79 Å². The predicted octanol–water partition coefficient (Wildman–Crippen LogP) is 3.67. The first-order valence-corrected chi connectivity index (χ1v) is 7.22. The van der Waals surface area contributed by atoms with Gasteiger partial charge in [0.25, 0.3) is 5.91 Å². The van der Waals surface area contributed by atoms with E-state index in [1.54, 1.807) is 0 Å². The normalized spacial score (nSPS) is 12.2. The number of ether oxygens (including phenoxy) is 1. The summed E-state index contributed by atoms with van der Waals surface area (Å²) in [7, 11) is 0. The molecule has 0 aromatic heterocycles. The van der Waals surface area contributed by atoms with Crippen molar-refractivity contribution in [2.75, 3.05) is 6.61 Å². The van der Waals surface area contributed by atoms with Gasteiger partial charge in [-0.25, -0.2) is 5.43 Å². The monoisotopic (exact) mass is 340 g/mol. The summed E-state index contributed by atoms with van der Waals surface area (Å²) < 4.78 is 6.45. The Hall–Kier alpha value is -1.36. The number of rotatable bonds is 4. The number of carbonyl (C=O) groups excluding carboxylic acids is 1. The average Bonchev–Trinajstić information content (AvgIpc) is 2.33.